The van der Waals surface area contributed by atoms with Crippen LogP contribution in [0.1, 0.15) is 31.7 Å². The van der Waals surface area contributed by atoms with Crippen LogP contribution in [0.4, 0.5) is 0 Å². The summed E-state index contributed by atoms with van der Waals surface area (Å²) in [5.74, 6) is 0. The number of hydrogen-bond donors (Lipinski definition) is 1. The molecule has 0 saturated heterocycles. The lowest BCUT2D eigenvalue weighted by atomic mass is 10.1. The van der Waals surface area contributed by atoms with Gasteiger partial charge < -0.3 is 5.11 Å². The maximum absolute atomic E-state index is 12.7. The Morgan fingerprint density at radius 1 is 1.26 bits per heavy atom. The van der Waals surface area contributed by atoms with Gasteiger partial charge in [0, 0.05) is 30.1 Å². The van der Waals surface area contributed by atoms with Gasteiger partial charge in [0.15, 0.2) is 0 Å². The van der Waals surface area contributed by atoms with Crippen molar-refractivity contribution < 1.29 is 5.11 Å². The molecule has 23 heavy (non-hydrogen) atoms. The third-order valence-electron chi connectivity index (χ3n) is 4.57. The lowest BCUT2D eigenvalue weighted by molar-refractivity contribution is 0.399. The fourth-order valence-electron chi connectivity index (χ4n) is 3.50. The molecular formula is C17H20BrN3O2. The molecule has 5 nitrogen and oxygen atoms in total. The first-order valence-electron chi connectivity index (χ1n) is 7.77. The number of aryl methyl sites for hydroxylation is 1. The van der Waals surface area contributed by atoms with Crippen LogP contribution in [0.3, 0.4) is 0 Å². The molecule has 0 radical (unpaired) electrons. The van der Waals surface area contributed by atoms with Crippen molar-refractivity contribution in [1.29, 1.82) is 0 Å². The quantitative estimate of drug-likeness (QED) is 0.706. The molecule has 2 aromatic heterocycles. The van der Waals surface area contributed by atoms with Gasteiger partial charge in [-0.15, -0.1) is 0 Å². The van der Waals surface area contributed by atoms with E-state index < -0.39 is 0 Å². The van der Waals surface area contributed by atoms with Crippen LogP contribution in [0.25, 0.3) is 21.9 Å². The standard InChI is InChI=1S/C16H16BrN3O.CH4O/c1-19-14-9-18-13-7-6-10(17)8-12(13)15(14)20(16(19)21)11-4-2-3-5-11;1-2/h6-9,11H,2-5H2,1H3;2H,1H3. The summed E-state index contributed by atoms with van der Waals surface area (Å²) in [7, 11) is 2.83. The van der Waals surface area contributed by atoms with Crippen LogP contribution in [0.15, 0.2) is 33.7 Å². The Hall–Kier alpha value is -1.66. The molecule has 6 heteroatoms. The number of halogens is 1. The van der Waals surface area contributed by atoms with Gasteiger partial charge in [0.2, 0.25) is 0 Å². The second-order valence-corrected chi connectivity index (χ2v) is 6.72. The maximum Gasteiger partial charge on any atom is 0.329 e. The van der Waals surface area contributed by atoms with Gasteiger partial charge in [-0.3, -0.25) is 14.1 Å². The molecule has 0 amide bonds. The Balaban J connectivity index is 0.000000753. The van der Waals surface area contributed by atoms with Crippen LogP contribution in [-0.4, -0.2) is 26.3 Å². The van der Waals surface area contributed by atoms with Gasteiger partial charge in [0.1, 0.15) is 0 Å². The molecule has 0 atom stereocenters. The fourth-order valence-corrected chi connectivity index (χ4v) is 3.86. The molecule has 1 aliphatic rings. The van der Waals surface area contributed by atoms with E-state index in [4.69, 9.17) is 5.11 Å². The van der Waals surface area contributed by atoms with E-state index in [-0.39, 0.29) is 5.69 Å². The monoisotopic (exact) mass is 377 g/mol. The van der Waals surface area contributed by atoms with Crippen molar-refractivity contribution in [3.05, 3.63) is 39.4 Å². The average molecular weight is 378 g/mol. The molecule has 2 heterocycles. The summed E-state index contributed by atoms with van der Waals surface area (Å²) < 4.78 is 4.73. The van der Waals surface area contributed by atoms with Gasteiger partial charge in [0.05, 0.1) is 22.7 Å². The minimum atomic E-state index is 0.0752. The van der Waals surface area contributed by atoms with E-state index in [0.717, 1.165) is 46.4 Å². The molecule has 0 bridgehead atoms. The van der Waals surface area contributed by atoms with Gasteiger partial charge in [-0.2, -0.15) is 0 Å². The van der Waals surface area contributed by atoms with Crippen LogP contribution in [0.2, 0.25) is 0 Å². The number of aromatic nitrogens is 3. The molecule has 1 fully saturated rings. The Bertz CT molecular complexity index is 907. The number of imidazole rings is 1. The first-order chi connectivity index (χ1) is 11.2. The predicted octanol–water partition coefficient (Wildman–Crippen LogP) is 3.37. The van der Waals surface area contributed by atoms with E-state index in [1.165, 1.54) is 12.8 Å². The van der Waals surface area contributed by atoms with Crippen LogP contribution in [-0.2, 0) is 7.05 Å². The topological polar surface area (TPSA) is 60.1 Å². The molecule has 0 unspecified atom stereocenters. The lowest BCUT2D eigenvalue weighted by Crippen LogP contribution is -2.24. The van der Waals surface area contributed by atoms with Gasteiger partial charge in [-0.1, -0.05) is 28.8 Å². The molecule has 1 saturated carbocycles. The third-order valence-corrected chi connectivity index (χ3v) is 5.06. The van der Waals surface area contributed by atoms with Gasteiger partial charge in [-0.25, -0.2) is 4.79 Å². The second-order valence-electron chi connectivity index (χ2n) is 5.80. The van der Waals surface area contributed by atoms with Gasteiger partial charge >= 0.3 is 5.69 Å². The minimum Gasteiger partial charge on any atom is -0.400 e. The fraction of sp³-hybridized carbons (Fsp3) is 0.412. The number of hydrogen-bond acceptors (Lipinski definition) is 3. The highest BCUT2D eigenvalue weighted by Gasteiger charge is 2.24. The van der Waals surface area contributed by atoms with Crippen LogP contribution in [0, 0.1) is 0 Å². The van der Waals surface area contributed by atoms with E-state index >= 15 is 0 Å². The largest absolute Gasteiger partial charge is 0.400 e. The Labute approximate surface area is 142 Å². The van der Waals surface area contributed by atoms with Crippen molar-refractivity contribution in [3.8, 4) is 0 Å². The van der Waals surface area contributed by atoms with E-state index in [1.54, 1.807) is 4.57 Å². The summed E-state index contributed by atoms with van der Waals surface area (Å²) in [5, 5.41) is 8.05. The highest BCUT2D eigenvalue weighted by Crippen LogP contribution is 2.33. The summed E-state index contributed by atoms with van der Waals surface area (Å²) >= 11 is 3.53. The minimum absolute atomic E-state index is 0.0752. The van der Waals surface area contributed by atoms with Crippen LogP contribution >= 0.6 is 15.9 Å². The molecule has 122 valence electrons. The number of benzene rings is 1. The Morgan fingerprint density at radius 2 is 1.96 bits per heavy atom. The number of aliphatic hydroxyl groups is 1. The molecular weight excluding hydrogens is 358 g/mol. The molecule has 1 aromatic carbocycles. The summed E-state index contributed by atoms with van der Waals surface area (Å²) in [6.07, 6.45) is 6.42. The van der Waals surface area contributed by atoms with Crippen molar-refractivity contribution >= 4 is 37.9 Å². The third kappa shape index (κ3) is 2.60. The number of pyridine rings is 1. The highest BCUT2D eigenvalue weighted by molar-refractivity contribution is 9.10. The first-order valence-corrected chi connectivity index (χ1v) is 8.56. The van der Waals surface area contributed by atoms with Gasteiger partial charge in [-0.05, 0) is 31.0 Å². The maximum atomic E-state index is 12.7. The van der Waals surface area contributed by atoms with Crippen molar-refractivity contribution in [2.45, 2.75) is 31.7 Å². The predicted molar refractivity (Wildman–Crippen MR) is 95.8 cm³/mol. The first kappa shape index (κ1) is 16.2. The molecule has 1 N–H and O–H groups in total. The summed E-state index contributed by atoms with van der Waals surface area (Å²) in [5.41, 5.74) is 2.95. The molecule has 1 aliphatic carbocycles. The second kappa shape index (κ2) is 6.45. The number of nitrogens with zero attached hydrogens (tertiary/aromatic N) is 3. The normalized spacial score (nSPS) is 15.1. The molecule has 4 rings (SSSR count). The zero-order valence-corrected chi connectivity index (χ0v) is 14.9. The number of aliphatic hydroxyl groups excluding tert-OH is 1. The SMILES string of the molecule is CO.Cn1c(=O)n(C2CCCC2)c2c3cc(Br)ccc3ncc21. The summed E-state index contributed by atoms with van der Waals surface area (Å²) in [4.78, 5) is 17.2. The van der Waals surface area contributed by atoms with Crippen molar-refractivity contribution in [1.82, 2.24) is 14.1 Å². The van der Waals surface area contributed by atoms with Crippen LogP contribution in [0.5, 0.6) is 0 Å². The van der Waals surface area contributed by atoms with E-state index in [9.17, 15) is 4.79 Å². The van der Waals surface area contributed by atoms with E-state index in [1.807, 2.05) is 29.9 Å². The zero-order valence-electron chi connectivity index (χ0n) is 13.3. The molecule has 3 aromatic rings. The zero-order chi connectivity index (χ0) is 16.6. The average Bonchev–Trinajstić information content (AvgIpc) is 3.17. The van der Waals surface area contributed by atoms with Crippen molar-refractivity contribution in [2.24, 2.45) is 7.05 Å². The van der Waals surface area contributed by atoms with Crippen molar-refractivity contribution in [3.63, 3.8) is 0 Å². The number of fused-ring (bicyclic) bond motifs is 3. The summed E-state index contributed by atoms with van der Waals surface area (Å²) in [6, 6.07) is 6.37. The Kier molecular flexibility index (Phi) is 4.55. The van der Waals surface area contributed by atoms with E-state index in [2.05, 4.69) is 27.0 Å². The van der Waals surface area contributed by atoms with Crippen LogP contribution < -0.4 is 5.69 Å². The van der Waals surface area contributed by atoms with Gasteiger partial charge in [0.25, 0.3) is 0 Å². The lowest BCUT2D eigenvalue weighted by Gasteiger charge is -2.12. The Morgan fingerprint density at radius 3 is 2.65 bits per heavy atom. The highest BCUT2D eigenvalue weighted by atomic mass is 79.9. The van der Waals surface area contributed by atoms with E-state index in [0.29, 0.717) is 6.04 Å². The molecule has 0 spiro atoms. The summed E-state index contributed by atoms with van der Waals surface area (Å²) in [6.45, 7) is 0. The number of rotatable bonds is 1. The smallest absolute Gasteiger partial charge is 0.329 e. The molecule has 0 aliphatic heterocycles. The van der Waals surface area contributed by atoms with Crippen molar-refractivity contribution in [2.75, 3.05) is 7.11 Å².